The van der Waals surface area contributed by atoms with Crippen LogP contribution < -0.4 is 10.2 Å². The topological polar surface area (TPSA) is 24.5 Å². The van der Waals surface area contributed by atoms with E-state index in [0.29, 0.717) is 10.5 Å². The molecule has 0 spiro atoms. The van der Waals surface area contributed by atoms with Crippen molar-refractivity contribution in [2.75, 3.05) is 38.3 Å². The van der Waals surface area contributed by atoms with E-state index in [4.69, 9.17) is 16.3 Å². The summed E-state index contributed by atoms with van der Waals surface area (Å²) in [7, 11) is 1.71. The van der Waals surface area contributed by atoms with Gasteiger partial charge in [0.05, 0.1) is 6.61 Å². The summed E-state index contributed by atoms with van der Waals surface area (Å²) in [6.07, 6.45) is 0. The number of nitrogens with one attached hydrogen (secondary N) is 1. The Kier molecular flexibility index (Phi) is 6.68. The molecule has 1 aliphatic rings. The van der Waals surface area contributed by atoms with Crippen LogP contribution in [0.15, 0.2) is 18.2 Å². The first-order valence-electron chi connectivity index (χ1n) is 7.48. The predicted octanol–water partition coefficient (Wildman–Crippen LogP) is 3.41. The van der Waals surface area contributed by atoms with Crippen LogP contribution in [0.2, 0.25) is 5.02 Å². The number of hydrogen-bond acceptors (Lipinski definition) is 4. The highest BCUT2D eigenvalue weighted by molar-refractivity contribution is 8.00. The summed E-state index contributed by atoms with van der Waals surface area (Å²) in [4.78, 5) is 2.44. The minimum Gasteiger partial charge on any atom is -0.383 e. The van der Waals surface area contributed by atoms with Gasteiger partial charge in [-0.15, -0.1) is 0 Å². The summed E-state index contributed by atoms with van der Waals surface area (Å²) in [5, 5.41) is 5.51. The summed E-state index contributed by atoms with van der Waals surface area (Å²) in [6.45, 7) is 9.12. The average Bonchev–Trinajstić information content (AvgIpc) is 2.44. The first-order chi connectivity index (χ1) is 10.1. The molecule has 1 aliphatic heterocycles. The molecule has 1 fully saturated rings. The van der Waals surface area contributed by atoms with Crippen LogP contribution in [-0.4, -0.2) is 43.9 Å². The molecule has 0 radical (unpaired) electrons. The monoisotopic (exact) mass is 328 g/mol. The van der Waals surface area contributed by atoms with E-state index in [2.05, 4.69) is 54.0 Å². The average molecular weight is 329 g/mol. The van der Waals surface area contributed by atoms with E-state index < -0.39 is 0 Å². The van der Waals surface area contributed by atoms with E-state index in [9.17, 15) is 0 Å². The highest BCUT2D eigenvalue weighted by Gasteiger charge is 2.22. The van der Waals surface area contributed by atoms with Gasteiger partial charge in [-0.1, -0.05) is 31.5 Å². The maximum absolute atomic E-state index is 6.43. The minimum atomic E-state index is 0.669. The standard InChI is InChI=1S/C16H25ClN2OS/c1-12-10-19(11-13(2)21-12)15-5-4-14(16(17)8-15)9-18-6-7-20-3/h4-5,8,12-13,18H,6-7,9-11H2,1-3H3. The molecule has 2 unspecified atom stereocenters. The Labute approximate surface area is 137 Å². The molecule has 1 heterocycles. The lowest BCUT2D eigenvalue weighted by atomic mass is 10.1. The third-order valence-corrected chi connectivity index (χ3v) is 5.20. The number of thioether (sulfide) groups is 1. The number of nitrogens with zero attached hydrogens (tertiary/aromatic N) is 1. The fraction of sp³-hybridized carbons (Fsp3) is 0.625. The van der Waals surface area contributed by atoms with Crippen LogP contribution in [0, 0.1) is 0 Å². The van der Waals surface area contributed by atoms with E-state index in [1.807, 2.05) is 0 Å². The number of anilines is 1. The molecule has 0 saturated carbocycles. The second-order valence-electron chi connectivity index (χ2n) is 5.61. The molecule has 0 amide bonds. The summed E-state index contributed by atoms with van der Waals surface area (Å²) >= 11 is 8.50. The lowest BCUT2D eigenvalue weighted by Crippen LogP contribution is -2.40. The van der Waals surface area contributed by atoms with Crippen molar-refractivity contribution in [2.45, 2.75) is 30.9 Å². The van der Waals surface area contributed by atoms with Crippen molar-refractivity contribution < 1.29 is 4.74 Å². The Morgan fingerprint density at radius 2 is 2.05 bits per heavy atom. The molecule has 21 heavy (non-hydrogen) atoms. The number of halogens is 1. The Hall–Kier alpha value is -0.420. The number of benzene rings is 1. The zero-order chi connectivity index (χ0) is 15.2. The van der Waals surface area contributed by atoms with Gasteiger partial charge in [-0.2, -0.15) is 11.8 Å². The number of methoxy groups -OCH3 is 1. The molecule has 3 nitrogen and oxygen atoms in total. The maximum Gasteiger partial charge on any atom is 0.0587 e. The van der Waals surface area contributed by atoms with Gasteiger partial charge >= 0.3 is 0 Å². The van der Waals surface area contributed by atoms with E-state index in [1.165, 1.54) is 5.69 Å². The number of hydrogen-bond donors (Lipinski definition) is 1. The smallest absolute Gasteiger partial charge is 0.0587 e. The first kappa shape index (κ1) is 16.9. The zero-order valence-corrected chi connectivity index (χ0v) is 14.6. The van der Waals surface area contributed by atoms with Gasteiger partial charge < -0.3 is 15.0 Å². The summed E-state index contributed by atoms with van der Waals surface area (Å²) < 4.78 is 5.02. The quantitative estimate of drug-likeness (QED) is 0.809. The molecular formula is C16H25ClN2OS. The van der Waals surface area contributed by atoms with E-state index >= 15 is 0 Å². The van der Waals surface area contributed by atoms with Crippen molar-refractivity contribution in [3.63, 3.8) is 0 Å². The second-order valence-corrected chi connectivity index (χ2v) is 7.90. The molecule has 2 atom stereocenters. The molecule has 0 bridgehead atoms. The van der Waals surface area contributed by atoms with Crippen molar-refractivity contribution in [2.24, 2.45) is 0 Å². The van der Waals surface area contributed by atoms with Crippen LogP contribution in [0.3, 0.4) is 0 Å². The number of ether oxygens (including phenoxy) is 1. The third-order valence-electron chi connectivity index (χ3n) is 3.62. The van der Waals surface area contributed by atoms with Crippen molar-refractivity contribution in [1.29, 1.82) is 0 Å². The second kappa shape index (κ2) is 8.28. The lowest BCUT2D eigenvalue weighted by molar-refractivity contribution is 0.199. The van der Waals surface area contributed by atoms with Crippen LogP contribution in [0.1, 0.15) is 19.4 Å². The highest BCUT2D eigenvalue weighted by Crippen LogP contribution is 2.30. The Bertz CT molecular complexity index is 448. The Morgan fingerprint density at radius 3 is 2.67 bits per heavy atom. The minimum absolute atomic E-state index is 0.669. The van der Waals surface area contributed by atoms with Gasteiger partial charge in [-0.05, 0) is 17.7 Å². The van der Waals surface area contributed by atoms with Crippen LogP contribution in [0.4, 0.5) is 5.69 Å². The van der Waals surface area contributed by atoms with Crippen LogP contribution >= 0.6 is 23.4 Å². The van der Waals surface area contributed by atoms with Crippen LogP contribution in [0.5, 0.6) is 0 Å². The van der Waals surface area contributed by atoms with Crippen molar-refractivity contribution in [1.82, 2.24) is 5.32 Å². The van der Waals surface area contributed by atoms with E-state index in [1.54, 1.807) is 7.11 Å². The molecule has 1 aromatic rings. The fourth-order valence-electron chi connectivity index (χ4n) is 2.66. The predicted molar refractivity (Wildman–Crippen MR) is 93.8 cm³/mol. The summed E-state index contributed by atoms with van der Waals surface area (Å²) in [6, 6.07) is 6.42. The lowest BCUT2D eigenvalue weighted by Gasteiger charge is -2.36. The van der Waals surface area contributed by atoms with Crippen molar-refractivity contribution in [3.05, 3.63) is 28.8 Å². The molecule has 1 saturated heterocycles. The molecule has 1 aromatic carbocycles. The number of rotatable bonds is 6. The normalized spacial score (nSPS) is 22.6. The summed E-state index contributed by atoms with van der Waals surface area (Å²) in [5.41, 5.74) is 2.38. The largest absolute Gasteiger partial charge is 0.383 e. The molecule has 2 rings (SSSR count). The Balaban J connectivity index is 1.98. The Morgan fingerprint density at radius 1 is 1.33 bits per heavy atom. The first-order valence-corrected chi connectivity index (χ1v) is 8.80. The van der Waals surface area contributed by atoms with Gasteiger partial charge in [0.25, 0.3) is 0 Å². The molecular weight excluding hydrogens is 304 g/mol. The van der Waals surface area contributed by atoms with Crippen molar-refractivity contribution in [3.8, 4) is 0 Å². The molecule has 0 aromatic heterocycles. The van der Waals surface area contributed by atoms with Gasteiger partial charge in [0, 0.05) is 54.5 Å². The van der Waals surface area contributed by atoms with Gasteiger partial charge in [0.15, 0.2) is 0 Å². The van der Waals surface area contributed by atoms with Gasteiger partial charge in [0.1, 0.15) is 0 Å². The molecule has 5 heteroatoms. The molecule has 118 valence electrons. The third kappa shape index (κ3) is 5.06. The fourth-order valence-corrected chi connectivity index (χ4v) is 4.23. The van der Waals surface area contributed by atoms with Gasteiger partial charge in [-0.25, -0.2) is 0 Å². The highest BCUT2D eigenvalue weighted by atomic mass is 35.5. The molecule has 1 N–H and O–H groups in total. The van der Waals surface area contributed by atoms with E-state index in [-0.39, 0.29) is 0 Å². The van der Waals surface area contributed by atoms with Crippen LogP contribution in [0.25, 0.3) is 0 Å². The van der Waals surface area contributed by atoms with Gasteiger partial charge in [-0.3, -0.25) is 0 Å². The zero-order valence-electron chi connectivity index (χ0n) is 13.1. The van der Waals surface area contributed by atoms with E-state index in [0.717, 1.165) is 43.4 Å². The maximum atomic E-state index is 6.43. The SMILES string of the molecule is COCCNCc1ccc(N2CC(C)SC(C)C2)cc1Cl. The molecule has 0 aliphatic carbocycles. The van der Waals surface area contributed by atoms with Crippen LogP contribution in [-0.2, 0) is 11.3 Å². The van der Waals surface area contributed by atoms with Gasteiger partial charge in [0.2, 0.25) is 0 Å². The summed E-state index contributed by atoms with van der Waals surface area (Å²) in [5.74, 6) is 0. The van der Waals surface area contributed by atoms with Crippen molar-refractivity contribution >= 4 is 29.1 Å².